The van der Waals surface area contributed by atoms with Gasteiger partial charge in [-0.05, 0) is 12.1 Å². The lowest BCUT2D eigenvalue weighted by Gasteiger charge is -2.04. The van der Waals surface area contributed by atoms with Gasteiger partial charge in [-0.1, -0.05) is 0 Å². The van der Waals surface area contributed by atoms with Gasteiger partial charge in [0.2, 0.25) is 0 Å². The van der Waals surface area contributed by atoms with Crippen molar-refractivity contribution in [2.75, 3.05) is 7.11 Å². The van der Waals surface area contributed by atoms with Gasteiger partial charge in [0.1, 0.15) is 11.6 Å². The minimum atomic E-state index is -0.366. The SMILES string of the molecule is COc1ccc(-c2cnccn2)c(F)c1. The van der Waals surface area contributed by atoms with Crippen LogP contribution in [0.2, 0.25) is 0 Å². The molecular weight excluding hydrogens is 195 g/mol. The molecule has 0 N–H and O–H groups in total. The predicted octanol–water partition coefficient (Wildman–Crippen LogP) is 2.29. The maximum absolute atomic E-state index is 13.6. The molecule has 2 rings (SSSR count). The van der Waals surface area contributed by atoms with E-state index in [1.807, 2.05) is 0 Å². The summed E-state index contributed by atoms with van der Waals surface area (Å²) in [6, 6.07) is 4.63. The van der Waals surface area contributed by atoms with Gasteiger partial charge in [-0.2, -0.15) is 0 Å². The lowest BCUT2D eigenvalue weighted by atomic mass is 10.1. The van der Waals surface area contributed by atoms with E-state index in [0.29, 0.717) is 17.0 Å². The van der Waals surface area contributed by atoms with Crippen LogP contribution in [0.15, 0.2) is 36.8 Å². The van der Waals surface area contributed by atoms with Gasteiger partial charge in [-0.25, -0.2) is 4.39 Å². The Morgan fingerprint density at radius 2 is 2.13 bits per heavy atom. The van der Waals surface area contributed by atoms with Crippen LogP contribution in [0.1, 0.15) is 0 Å². The number of benzene rings is 1. The van der Waals surface area contributed by atoms with Crippen molar-refractivity contribution in [3.63, 3.8) is 0 Å². The molecular formula is C11H9FN2O. The number of rotatable bonds is 2. The van der Waals surface area contributed by atoms with Crippen LogP contribution in [0, 0.1) is 5.82 Å². The van der Waals surface area contributed by atoms with Crippen LogP contribution >= 0.6 is 0 Å². The number of halogens is 1. The van der Waals surface area contributed by atoms with Crippen molar-refractivity contribution in [2.24, 2.45) is 0 Å². The average molecular weight is 204 g/mol. The molecule has 0 aliphatic carbocycles. The first-order valence-corrected chi connectivity index (χ1v) is 4.41. The first kappa shape index (κ1) is 9.58. The number of hydrogen-bond donors (Lipinski definition) is 0. The molecule has 1 aromatic heterocycles. The van der Waals surface area contributed by atoms with Crippen LogP contribution in [0.4, 0.5) is 4.39 Å². The molecule has 0 radical (unpaired) electrons. The van der Waals surface area contributed by atoms with Gasteiger partial charge in [0, 0.05) is 24.0 Å². The smallest absolute Gasteiger partial charge is 0.136 e. The van der Waals surface area contributed by atoms with Crippen molar-refractivity contribution in [2.45, 2.75) is 0 Å². The van der Waals surface area contributed by atoms with Crippen LogP contribution in [0.25, 0.3) is 11.3 Å². The van der Waals surface area contributed by atoms with Crippen LogP contribution in [0.5, 0.6) is 5.75 Å². The fraction of sp³-hybridized carbons (Fsp3) is 0.0909. The minimum Gasteiger partial charge on any atom is -0.497 e. The van der Waals surface area contributed by atoms with E-state index >= 15 is 0 Å². The predicted molar refractivity (Wildman–Crippen MR) is 54.0 cm³/mol. The zero-order chi connectivity index (χ0) is 10.7. The van der Waals surface area contributed by atoms with Crippen molar-refractivity contribution in [3.05, 3.63) is 42.6 Å². The first-order chi connectivity index (χ1) is 7.31. The highest BCUT2D eigenvalue weighted by atomic mass is 19.1. The van der Waals surface area contributed by atoms with Crippen molar-refractivity contribution in [3.8, 4) is 17.0 Å². The minimum absolute atomic E-state index is 0.366. The maximum atomic E-state index is 13.6. The summed E-state index contributed by atoms with van der Waals surface area (Å²) in [6.07, 6.45) is 4.59. The van der Waals surface area contributed by atoms with Gasteiger partial charge < -0.3 is 4.74 Å². The Morgan fingerprint density at radius 3 is 2.73 bits per heavy atom. The second-order valence-electron chi connectivity index (χ2n) is 2.94. The summed E-state index contributed by atoms with van der Waals surface area (Å²) in [5.74, 6) is 0.120. The average Bonchev–Trinajstić information content (AvgIpc) is 2.30. The highest BCUT2D eigenvalue weighted by molar-refractivity contribution is 5.59. The molecule has 1 heterocycles. The van der Waals surface area contributed by atoms with Gasteiger partial charge in [0.05, 0.1) is 19.0 Å². The fourth-order valence-corrected chi connectivity index (χ4v) is 1.27. The zero-order valence-electron chi connectivity index (χ0n) is 8.14. The second kappa shape index (κ2) is 4.04. The normalized spacial score (nSPS) is 10.0. The Morgan fingerprint density at radius 1 is 1.27 bits per heavy atom. The first-order valence-electron chi connectivity index (χ1n) is 4.41. The summed E-state index contributed by atoms with van der Waals surface area (Å²) in [7, 11) is 1.50. The van der Waals surface area contributed by atoms with Crippen molar-refractivity contribution >= 4 is 0 Å². The van der Waals surface area contributed by atoms with E-state index in [1.165, 1.54) is 25.6 Å². The fourth-order valence-electron chi connectivity index (χ4n) is 1.27. The lowest BCUT2D eigenvalue weighted by molar-refractivity contribution is 0.411. The van der Waals surface area contributed by atoms with Crippen LogP contribution < -0.4 is 4.74 Å². The maximum Gasteiger partial charge on any atom is 0.136 e. The van der Waals surface area contributed by atoms with E-state index in [4.69, 9.17) is 4.74 Å². The van der Waals surface area contributed by atoms with Crippen molar-refractivity contribution < 1.29 is 9.13 Å². The van der Waals surface area contributed by atoms with E-state index in [0.717, 1.165) is 0 Å². The quantitative estimate of drug-likeness (QED) is 0.752. The largest absolute Gasteiger partial charge is 0.497 e. The van der Waals surface area contributed by atoms with Gasteiger partial charge in [-0.15, -0.1) is 0 Å². The Balaban J connectivity index is 2.46. The molecule has 2 aromatic rings. The lowest BCUT2D eigenvalue weighted by Crippen LogP contribution is -1.90. The molecule has 0 unspecified atom stereocenters. The molecule has 3 nitrogen and oxygen atoms in total. The van der Waals surface area contributed by atoms with Crippen molar-refractivity contribution in [1.82, 2.24) is 9.97 Å². The van der Waals surface area contributed by atoms with Gasteiger partial charge in [0.25, 0.3) is 0 Å². The summed E-state index contributed by atoms with van der Waals surface area (Å²) in [5.41, 5.74) is 0.932. The third-order valence-electron chi connectivity index (χ3n) is 2.02. The Kier molecular flexibility index (Phi) is 2.58. The molecule has 0 amide bonds. The molecule has 76 valence electrons. The van der Waals surface area contributed by atoms with Crippen LogP contribution in [0.3, 0.4) is 0 Å². The van der Waals surface area contributed by atoms with E-state index in [-0.39, 0.29) is 5.82 Å². The molecule has 0 fully saturated rings. The molecule has 0 aliphatic rings. The second-order valence-corrected chi connectivity index (χ2v) is 2.94. The van der Waals surface area contributed by atoms with E-state index in [2.05, 4.69) is 9.97 Å². The van der Waals surface area contributed by atoms with E-state index < -0.39 is 0 Å². The van der Waals surface area contributed by atoms with E-state index in [1.54, 1.807) is 18.3 Å². The molecule has 0 saturated heterocycles. The summed E-state index contributed by atoms with van der Waals surface area (Å²) in [6.45, 7) is 0. The molecule has 0 spiro atoms. The molecule has 1 aromatic carbocycles. The summed E-state index contributed by atoms with van der Waals surface area (Å²) in [4.78, 5) is 7.91. The Hall–Kier alpha value is -1.97. The number of hydrogen-bond acceptors (Lipinski definition) is 3. The zero-order valence-corrected chi connectivity index (χ0v) is 8.14. The Bertz CT molecular complexity index is 459. The topological polar surface area (TPSA) is 35.0 Å². The van der Waals surface area contributed by atoms with Crippen LogP contribution in [-0.2, 0) is 0 Å². The monoisotopic (exact) mass is 204 g/mol. The third kappa shape index (κ3) is 1.93. The number of ether oxygens (including phenoxy) is 1. The number of nitrogens with zero attached hydrogens (tertiary/aromatic N) is 2. The van der Waals surface area contributed by atoms with Gasteiger partial charge in [0.15, 0.2) is 0 Å². The molecule has 0 saturated carbocycles. The standard InChI is InChI=1S/C11H9FN2O/c1-15-8-2-3-9(10(12)6-8)11-7-13-4-5-14-11/h2-7H,1H3. The van der Waals surface area contributed by atoms with Gasteiger partial charge in [-0.3, -0.25) is 9.97 Å². The highest BCUT2D eigenvalue weighted by Crippen LogP contribution is 2.23. The molecule has 15 heavy (non-hydrogen) atoms. The summed E-state index contributed by atoms with van der Waals surface area (Å²) in [5, 5.41) is 0. The Labute approximate surface area is 86.6 Å². The third-order valence-corrected chi connectivity index (χ3v) is 2.02. The highest BCUT2D eigenvalue weighted by Gasteiger charge is 2.07. The van der Waals surface area contributed by atoms with Gasteiger partial charge >= 0.3 is 0 Å². The molecule has 0 aliphatic heterocycles. The number of methoxy groups -OCH3 is 1. The molecule has 4 heteroatoms. The number of aromatic nitrogens is 2. The summed E-state index contributed by atoms with van der Waals surface area (Å²) < 4.78 is 18.5. The van der Waals surface area contributed by atoms with Crippen molar-refractivity contribution in [1.29, 1.82) is 0 Å². The molecule has 0 atom stereocenters. The van der Waals surface area contributed by atoms with E-state index in [9.17, 15) is 4.39 Å². The molecule has 0 bridgehead atoms. The summed E-state index contributed by atoms with van der Waals surface area (Å²) >= 11 is 0. The van der Waals surface area contributed by atoms with Crippen LogP contribution in [-0.4, -0.2) is 17.1 Å².